The van der Waals surface area contributed by atoms with Crippen LogP contribution in [0.25, 0.3) is 0 Å². The Morgan fingerprint density at radius 3 is 2.71 bits per heavy atom. The molecule has 0 spiro atoms. The molecule has 1 aromatic rings. The minimum absolute atomic E-state index is 0.252. The number of hydrogen-bond acceptors (Lipinski definition) is 4. The van der Waals surface area contributed by atoms with Crippen molar-refractivity contribution in [1.82, 2.24) is 5.32 Å². The fourth-order valence-electron chi connectivity index (χ4n) is 1.41. The number of methoxy groups -OCH3 is 1. The Kier molecular flexibility index (Phi) is 5.80. The largest absolute Gasteiger partial charge is 0.507 e. The predicted molar refractivity (Wildman–Crippen MR) is 67.5 cm³/mol. The number of phenolic OH excluding ortho intramolecular Hbond substituents is 1. The van der Waals surface area contributed by atoms with Gasteiger partial charge in [0.05, 0.1) is 19.8 Å². The van der Waals surface area contributed by atoms with Crippen LogP contribution in [0, 0.1) is 0 Å². The maximum Gasteiger partial charge on any atom is 0.123 e. The molecule has 0 atom stereocenters. The first-order chi connectivity index (χ1) is 8.13. The SMILES string of the molecule is COc1ccc(CNCCOC(C)C)c(O)c1. The highest BCUT2D eigenvalue weighted by atomic mass is 16.5. The first kappa shape index (κ1) is 13.8. The van der Waals surface area contributed by atoms with E-state index in [1.165, 1.54) is 0 Å². The fourth-order valence-corrected chi connectivity index (χ4v) is 1.41. The Hall–Kier alpha value is -1.26. The van der Waals surface area contributed by atoms with E-state index in [9.17, 15) is 5.11 Å². The minimum atomic E-state index is 0.252. The molecule has 0 saturated heterocycles. The third-order valence-electron chi connectivity index (χ3n) is 2.34. The van der Waals surface area contributed by atoms with Crippen molar-refractivity contribution in [3.8, 4) is 11.5 Å². The molecular formula is C13H21NO3. The summed E-state index contributed by atoms with van der Waals surface area (Å²) >= 11 is 0. The quantitative estimate of drug-likeness (QED) is 0.714. The molecule has 0 fully saturated rings. The summed E-state index contributed by atoms with van der Waals surface area (Å²) in [6.45, 7) is 6.08. The molecule has 1 aromatic carbocycles. The lowest BCUT2D eigenvalue weighted by molar-refractivity contribution is 0.0807. The highest BCUT2D eigenvalue weighted by Gasteiger charge is 2.02. The van der Waals surface area contributed by atoms with E-state index in [0.29, 0.717) is 18.9 Å². The Balaban J connectivity index is 2.32. The van der Waals surface area contributed by atoms with E-state index in [0.717, 1.165) is 12.1 Å². The van der Waals surface area contributed by atoms with Gasteiger partial charge in [-0.25, -0.2) is 0 Å². The average molecular weight is 239 g/mol. The van der Waals surface area contributed by atoms with Crippen molar-refractivity contribution in [2.24, 2.45) is 0 Å². The molecule has 0 unspecified atom stereocenters. The predicted octanol–water partition coefficient (Wildman–Crippen LogP) is 1.92. The third-order valence-corrected chi connectivity index (χ3v) is 2.34. The van der Waals surface area contributed by atoms with Gasteiger partial charge in [-0.05, 0) is 19.9 Å². The topological polar surface area (TPSA) is 50.7 Å². The lowest BCUT2D eigenvalue weighted by atomic mass is 10.2. The number of nitrogens with one attached hydrogen (secondary N) is 1. The van der Waals surface area contributed by atoms with Crippen molar-refractivity contribution in [2.45, 2.75) is 26.5 Å². The van der Waals surface area contributed by atoms with Crippen LogP contribution in [0.3, 0.4) is 0 Å². The Bertz CT molecular complexity index is 339. The Morgan fingerprint density at radius 1 is 1.35 bits per heavy atom. The number of phenols is 1. The van der Waals surface area contributed by atoms with E-state index in [4.69, 9.17) is 9.47 Å². The summed E-state index contributed by atoms with van der Waals surface area (Å²) in [5.74, 6) is 0.913. The van der Waals surface area contributed by atoms with Gasteiger partial charge in [-0.3, -0.25) is 0 Å². The van der Waals surface area contributed by atoms with Gasteiger partial charge < -0.3 is 19.9 Å². The van der Waals surface area contributed by atoms with Gasteiger partial charge in [0, 0.05) is 24.7 Å². The van der Waals surface area contributed by atoms with E-state index >= 15 is 0 Å². The molecule has 0 radical (unpaired) electrons. The summed E-state index contributed by atoms with van der Waals surface area (Å²) in [5.41, 5.74) is 0.857. The molecule has 0 bridgehead atoms. The van der Waals surface area contributed by atoms with Gasteiger partial charge >= 0.3 is 0 Å². The molecule has 1 rings (SSSR count). The van der Waals surface area contributed by atoms with E-state index in [1.54, 1.807) is 13.2 Å². The highest BCUT2D eigenvalue weighted by molar-refractivity contribution is 5.39. The van der Waals surface area contributed by atoms with Crippen molar-refractivity contribution in [1.29, 1.82) is 0 Å². The second-order valence-electron chi connectivity index (χ2n) is 4.09. The molecule has 96 valence electrons. The number of benzene rings is 1. The standard InChI is InChI=1S/C13H21NO3/c1-10(2)17-7-6-14-9-11-4-5-12(16-3)8-13(11)15/h4-5,8,10,14-15H,6-7,9H2,1-3H3. The third kappa shape index (κ3) is 5.06. The molecule has 0 heterocycles. The zero-order valence-corrected chi connectivity index (χ0v) is 10.7. The number of hydrogen-bond donors (Lipinski definition) is 2. The average Bonchev–Trinajstić information content (AvgIpc) is 2.30. The number of ether oxygens (including phenoxy) is 2. The lowest BCUT2D eigenvalue weighted by Gasteiger charge is -2.10. The summed E-state index contributed by atoms with van der Waals surface area (Å²) in [6, 6.07) is 5.30. The summed E-state index contributed by atoms with van der Waals surface area (Å²) in [6.07, 6.45) is 0.256. The van der Waals surface area contributed by atoms with Gasteiger partial charge in [0.1, 0.15) is 11.5 Å². The van der Waals surface area contributed by atoms with Gasteiger partial charge in [-0.2, -0.15) is 0 Å². The highest BCUT2D eigenvalue weighted by Crippen LogP contribution is 2.22. The van der Waals surface area contributed by atoms with Crippen LogP contribution in [0.1, 0.15) is 19.4 Å². The normalized spacial score (nSPS) is 10.8. The van der Waals surface area contributed by atoms with Crippen LogP contribution in [0.2, 0.25) is 0 Å². The molecule has 4 heteroatoms. The van der Waals surface area contributed by atoms with Crippen LogP contribution in [0.5, 0.6) is 11.5 Å². The van der Waals surface area contributed by atoms with Gasteiger partial charge in [-0.15, -0.1) is 0 Å². The van der Waals surface area contributed by atoms with Crippen molar-refractivity contribution in [3.63, 3.8) is 0 Å². The maximum absolute atomic E-state index is 9.72. The molecule has 0 aliphatic carbocycles. The van der Waals surface area contributed by atoms with Gasteiger partial charge in [-0.1, -0.05) is 6.07 Å². The first-order valence-electron chi connectivity index (χ1n) is 5.81. The smallest absolute Gasteiger partial charge is 0.123 e. The van der Waals surface area contributed by atoms with Crippen LogP contribution >= 0.6 is 0 Å². The van der Waals surface area contributed by atoms with Gasteiger partial charge in [0.15, 0.2) is 0 Å². The van der Waals surface area contributed by atoms with Gasteiger partial charge in [0.25, 0.3) is 0 Å². The van der Waals surface area contributed by atoms with Crippen LogP contribution in [-0.4, -0.2) is 31.5 Å². The van der Waals surface area contributed by atoms with Crippen molar-refractivity contribution < 1.29 is 14.6 Å². The van der Waals surface area contributed by atoms with Crippen LogP contribution in [0.4, 0.5) is 0 Å². The second-order valence-corrected chi connectivity index (χ2v) is 4.09. The summed E-state index contributed by atoms with van der Waals surface area (Å²) < 4.78 is 10.4. The zero-order chi connectivity index (χ0) is 12.7. The monoisotopic (exact) mass is 239 g/mol. The van der Waals surface area contributed by atoms with Gasteiger partial charge in [0.2, 0.25) is 0 Å². The molecule has 4 nitrogen and oxygen atoms in total. The van der Waals surface area contributed by atoms with Crippen molar-refractivity contribution >= 4 is 0 Å². The van der Waals surface area contributed by atoms with E-state index < -0.39 is 0 Å². The fraction of sp³-hybridized carbons (Fsp3) is 0.538. The van der Waals surface area contributed by atoms with E-state index in [1.807, 2.05) is 26.0 Å². The van der Waals surface area contributed by atoms with Crippen LogP contribution < -0.4 is 10.1 Å². The van der Waals surface area contributed by atoms with Crippen molar-refractivity contribution in [3.05, 3.63) is 23.8 Å². The van der Waals surface area contributed by atoms with Crippen LogP contribution in [0.15, 0.2) is 18.2 Å². The van der Waals surface area contributed by atoms with E-state index in [-0.39, 0.29) is 11.9 Å². The summed E-state index contributed by atoms with van der Waals surface area (Å²) in [4.78, 5) is 0. The number of rotatable bonds is 7. The summed E-state index contributed by atoms with van der Waals surface area (Å²) in [5, 5.41) is 12.9. The zero-order valence-electron chi connectivity index (χ0n) is 10.7. The lowest BCUT2D eigenvalue weighted by Crippen LogP contribution is -2.20. The minimum Gasteiger partial charge on any atom is -0.507 e. The molecular weight excluding hydrogens is 218 g/mol. The molecule has 0 aliphatic heterocycles. The molecule has 17 heavy (non-hydrogen) atoms. The molecule has 2 N–H and O–H groups in total. The first-order valence-corrected chi connectivity index (χ1v) is 5.81. The Morgan fingerprint density at radius 2 is 2.12 bits per heavy atom. The summed E-state index contributed by atoms with van der Waals surface area (Å²) in [7, 11) is 1.58. The Labute approximate surface area is 103 Å². The second kappa shape index (κ2) is 7.14. The number of aromatic hydroxyl groups is 1. The maximum atomic E-state index is 9.72. The van der Waals surface area contributed by atoms with Crippen LogP contribution in [-0.2, 0) is 11.3 Å². The van der Waals surface area contributed by atoms with E-state index in [2.05, 4.69) is 5.32 Å². The molecule has 0 amide bonds. The van der Waals surface area contributed by atoms with Crippen molar-refractivity contribution in [2.75, 3.05) is 20.3 Å². The molecule has 0 saturated carbocycles. The molecule has 0 aromatic heterocycles. The molecule has 0 aliphatic rings.